The van der Waals surface area contributed by atoms with Crippen LogP contribution in [0.25, 0.3) is 0 Å². The summed E-state index contributed by atoms with van der Waals surface area (Å²) in [5.74, 6) is -0.0488. The number of methoxy groups -OCH3 is 1. The molecule has 1 rings (SSSR count). The van der Waals surface area contributed by atoms with Gasteiger partial charge in [0.15, 0.2) is 0 Å². The molecule has 1 heterocycles. The highest BCUT2D eigenvalue weighted by Gasteiger charge is 2.06. The number of nitrogens with zero attached hydrogens (tertiary/aromatic N) is 1. The Hall–Kier alpha value is -1.95. The van der Waals surface area contributed by atoms with Crippen molar-refractivity contribution in [3.8, 4) is 0 Å². The minimum Gasteiger partial charge on any atom is -0.385 e. The van der Waals surface area contributed by atoms with Crippen LogP contribution in [0.4, 0.5) is 5.82 Å². The summed E-state index contributed by atoms with van der Waals surface area (Å²) in [6, 6.07) is 3.13. The van der Waals surface area contributed by atoms with Gasteiger partial charge in [-0.3, -0.25) is 9.59 Å². The van der Waals surface area contributed by atoms with Gasteiger partial charge in [-0.2, -0.15) is 0 Å². The Kier molecular flexibility index (Phi) is 5.79. The Labute approximate surface area is 106 Å². The molecule has 0 aliphatic carbocycles. The summed E-state index contributed by atoms with van der Waals surface area (Å²) in [6.45, 7) is 2.54. The number of hydrogen-bond acceptors (Lipinski definition) is 4. The third-order valence-corrected chi connectivity index (χ3v) is 2.14. The van der Waals surface area contributed by atoms with Crippen LogP contribution in [0, 0.1) is 0 Å². The van der Waals surface area contributed by atoms with Crippen molar-refractivity contribution in [2.75, 3.05) is 25.6 Å². The third-order valence-electron chi connectivity index (χ3n) is 2.14. The zero-order valence-electron chi connectivity index (χ0n) is 10.5. The molecule has 2 N–H and O–H groups in total. The molecular weight excluding hydrogens is 234 g/mol. The summed E-state index contributed by atoms with van der Waals surface area (Å²) < 4.78 is 4.88. The second kappa shape index (κ2) is 7.39. The maximum atomic E-state index is 11.8. The first-order chi connectivity index (χ1) is 8.63. The molecule has 0 fully saturated rings. The van der Waals surface area contributed by atoms with Gasteiger partial charge in [0.25, 0.3) is 5.91 Å². The Bertz CT molecular complexity index is 421. The van der Waals surface area contributed by atoms with Crippen LogP contribution in [0.2, 0.25) is 0 Å². The molecule has 0 unspecified atom stereocenters. The van der Waals surface area contributed by atoms with Crippen LogP contribution >= 0.6 is 0 Å². The van der Waals surface area contributed by atoms with Crippen molar-refractivity contribution in [2.24, 2.45) is 0 Å². The molecule has 0 saturated heterocycles. The number of aromatic nitrogens is 1. The molecule has 0 bridgehead atoms. The highest BCUT2D eigenvalue weighted by molar-refractivity contribution is 5.96. The molecule has 0 saturated carbocycles. The summed E-state index contributed by atoms with van der Waals surface area (Å²) in [5, 5.41) is 5.28. The number of nitrogens with one attached hydrogen (secondary N) is 2. The fraction of sp³-hybridized carbons (Fsp3) is 0.417. The van der Waals surface area contributed by atoms with E-state index in [1.807, 2.05) is 0 Å². The quantitative estimate of drug-likeness (QED) is 0.733. The highest BCUT2D eigenvalue weighted by Crippen LogP contribution is 2.06. The monoisotopic (exact) mass is 251 g/mol. The van der Waals surface area contributed by atoms with E-state index in [-0.39, 0.29) is 11.8 Å². The maximum Gasteiger partial charge on any atom is 0.251 e. The smallest absolute Gasteiger partial charge is 0.251 e. The van der Waals surface area contributed by atoms with E-state index in [0.717, 1.165) is 6.42 Å². The van der Waals surface area contributed by atoms with E-state index in [1.165, 1.54) is 19.2 Å². The molecule has 0 spiro atoms. The fourth-order valence-corrected chi connectivity index (χ4v) is 1.34. The van der Waals surface area contributed by atoms with Crippen molar-refractivity contribution in [2.45, 2.75) is 13.3 Å². The molecule has 0 atom stereocenters. The van der Waals surface area contributed by atoms with Crippen molar-refractivity contribution >= 4 is 17.6 Å². The topological polar surface area (TPSA) is 80.3 Å². The van der Waals surface area contributed by atoms with Crippen LogP contribution in [-0.4, -0.2) is 37.1 Å². The van der Waals surface area contributed by atoms with Crippen molar-refractivity contribution in [3.05, 3.63) is 23.9 Å². The first-order valence-electron chi connectivity index (χ1n) is 5.64. The summed E-state index contributed by atoms with van der Waals surface area (Å²) in [4.78, 5) is 26.6. The molecule has 18 heavy (non-hydrogen) atoms. The molecular formula is C12H17N3O3. The first kappa shape index (κ1) is 14.1. The fourth-order valence-electron chi connectivity index (χ4n) is 1.34. The van der Waals surface area contributed by atoms with E-state index in [1.54, 1.807) is 13.2 Å². The van der Waals surface area contributed by atoms with Crippen molar-refractivity contribution < 1.29 is 14.3 Å². The lowest BCUT2D eigenvalue weighted by Gasteiger charge is -2.06. The van der Waals surface area contributed by atoms with Crippen LogP contribution in [0.1, 0.15) is 23.7 Å². The summed E-state index contributed by atoms with van der Waals surface area (Å²) in [7, 11) is 1.62. The molecule has 6 heteroatoms. The molecule has 6 nitrogen and oxygen atoms in total. The zero-order chi connectivity index (χ0) is 13.4. The Morgan fingerprint density at radius 2 is 2.22 bits per heavy atom. The van der Waals surface area contributed by atoms with Crippen molar-refractivity contribution in [3.63, 3.8) is 0 Å². The van der Waals surface area contributed by atoms with Gasteiger partial charge in [-0.1, -0.05) is 0 Å². The highest BCUT2D eigenvalue weighted by atomic mass is 16.5. The lowest BCUT2D eigenvalue weighted by Crippen LogP contribution is -2.25. The van der Waals surface area contributed by atoms with E-state index in [9.17, 15) is 9.59 Å². The van der Waals surface area contributed by atoms with Crippen LogP contribution < -0.4 is 10.6 Å². The molecule has 0 radical (unpaired) electrons. The molecule has 0 aliphatic heterocycles. The van der Waals surface area contributed by atoms with E-state index >= 15 is 0 Å². The predicted molar refractivity (Wildman–Crippen MR) is 67.4 cm³/mol. The average molecular weight is 251 g/mol. The predicted octanol–water partition coefficient (Wildman–Crippen LogP) is 0.806. The van der Waals surface area contributed by atoms with Crippen molar-refractivity contribution in [1.29, 1.82) is 0 Å². The lowest BCUT2D eigenvalue weighted by molar-refractivity contribution is -0.114. The van der Waals surface area contributed by atoms with Crippen LogP contribution in [0.3, 0.4) is 0 Å². The van der Waals surface area contributed by atoms with Gasteiger partial charge in [-0.25, -0.2) is 4.98 Å². The van der Waals surface area contributed by atoms with Gasteiger partial charge in [0, 0.05) is 38.9 Å². The average Bonchev–Trinajstić information content (AvgIpc) is 2.34. The van der Waals surface area contributed by atoms with E-state index in [2.05, 4.69) is 15.6 Å². The molecule has 1 aromatic heterocycles. The number of rotatable bonds is 6. The first-order valence-corrected chi connectivity index (χ1v) is 5.64. The number of hydrogen-bond donors (Lipinski definition) is 2. The van der Waals surface area contributed by atoms with Gasteiger partial charge in [-0.05, 0) is 18.6 Å². The van der Waals surface area contributed by atoms with E-state index < -0.39 is 0 Å². The number of carbonyl (C=O) groups excluding carboxylic acids is 2. The Morgan fingerprint density at radius 1 is 1.44 bits per heavy atom. The molecule has 1 aromatic rings. The van der Waals surface area contributed by atoms with E-state index in [4.69, 9.17) is 4.74 Å². The lowest BCUT2D eigenvalue weighted by atomic mass is 10.2. The third kappa shape index (κ3) is 4.92. The van der Waals surface area contributed by atoms with Crippen LogP contribution in [-0.2, 0) is 9.53 Å². The number of carbonyl (C=O) groups is 2. The van der Waals surface area contributed by atoms with Crippen LogP contribution in [0.15, 0.2) is 18.3 Å². The van der Waals surface area contributed by atoms with Gasteiger partial charge in [0.2, 0.25) is 5.91 Å². The van der Waals surface area contributed by atoms with Gasteiger partial charge >= 0.3 is 0 Å². The molecule has 2 amide bonds. The normalized spacial score (nSPS) is 9.89. The maximum absolute atomic E-state index is 11.8. The van der Waals surface area contributed by atoms with Crippen LogP contribution in [0.5, 0.6) is 0 Å². The SMILES string of the molecule is COCCCNC(=O)c1ccnc(NC(C)=O)c1. The van der Waals surface area contributed by atoms with Crippen molar-refractivity contribution in [1.82, 2.24) is 10.3 Å². The Balaban J connectivity index is 2.54. The van der Waals surface area contributed by atoms with Gasteiger partial charge < -0.3 is 15.4 Å². The molecule has 98 valence electrons. The minimum absolute atomic E-state index is 0.194. The number of ether oxygens (including phenoxy) is 1. The van der Waals surface area contributed by atoms with E-state index in [0.29, 0.717) is 24.5 Å². The number of anilines is 1. The minimum atomic E-state index is -0.222. The summed E-state index contributed by atoms with van der Waals surface area (Å²) >= 11 is 0. The number of pyridine rings is 1. The largest absolute Gasteiger partial charge is 0.385 e. The summed E-state index contributed by atoms with van der Waals surface area (Å²) in [5.41, 5.74) is 0.464. The number of amides is 2. The zero-order valence-corrected chi connectivity index (χ0v) is 10.5. The van der Waals surface area contributed by atoms with Gasteiger partial charge in [0.1, 0.15) is 5.82 Å². The second-order valence-electron chi connectivity index (χ2n) is 3.71. The molecule has 0 aliphatic rings. The Morgan fingerprint density at radius 3 is 2.89 bits per heavy atom. The van der Waals surface area contributed by atoms with Gasteiger partial charge in [0.05, 0.1) is 0 Å². The van der Waals surface area contributed by atoms with Gasteiger partial charge in [-0.15, -0.1) is 0 Å². The standard InChI is InChI=1S/C12H17N3O3/c1-9(16)15-11-8-10(4-6-13-11)12(17)14-5-3-7-18-2/h4,6,8H,3,5,7H2,1-2H3,(H,14,17)(H,13,15,16). The second-order valence-corrected chi connectivity index (χ2v) is 3.71. The summed E-state index contributed by atoms with van der Waals surface area (Å²) in [6.07, 6.45) is 2.24. The molecule has 0 aromatic carbocycles.